The molecule has 0 radical (unpaired) electrons. The lowest BCUT2D eigenvalue weighted by Gasteiger charge is -2.37. The van der Waals surface area contributed by atoms with E-state index in [-0.39, 0.29) is 18.4 Å². The number of fused-ring (bicyclic) bond motifs is 1. The Kier molecular flexibility index (Phi) is 8.02. The molecule has 1 aromatic carbocycles. The van der Waals surface area contributed by atoms with Gasteiger partial charge in [0.1, 0.15) is 0 Å². The average molecular weight is 502 g/mol. The Labute approximate surface area is 209 Å². The van der Waals surface area contributed by atoms with Gasteiger partial charge in [0, 0.05) is 24.4 Å². The van der Waals surface area contributed by atoms with Gasteiger partial charge in [-0.25, -0.2) is 9.79 Å². The van der Waals surface area contributed by atoms with Gasteiger partial charge < -0.3 is 29.2 Å². The van der Waals surface area contributed by atoms with Gasteiger partial charge in [0.2, 0.25) is 5.91 Å². The summed E-state index contributed by atoms with van der Waals surface area (Å²) in [6.07, 6.45) is 2.71. The van der Waals surface area contributed by atoms with Crippen LogP contribution in [-0.2, 0) is 19.1 Å². The Bertz CT molecular complexity index is 1080. The van der Waals surface area contributed by atoms with Crippen molar-refractivity contribution in [2.24, 2.45) is 4.99 Å². The number of allylic oxidation sites excluding steroid dienone is 1. The number of methoxy groups -OCH3 is 3. The van der Waals surface area contributed by atoms with E-state index in [1.54, 1.807) is 20.3 Å². The lowest BCUT2D eigenvalue weighted by atomic mass is 9.92. The number of aliphatic imine (C=N–C) groups is 1. The Balaban J connectivity index is 1.71. The Hall–Kier alpha value is -2.98. The molecule has 0 aromatic heterocycles. The van der Waals surface area contributed by atoms with Crippen molar-refractivity contribution < 1.29 is 28.5 Å². The zero-order valence-electron chi connectivity index (χ0n) is 20.5. The second-order valence-corrected chi connectivity index (χ2v) is 9.13. The van der Waals surface area contributed by atoms with Crippen LogP contribution >= 0.6 is 11.8 Å². The molecule has 2 atom stereocenters. The van der Waals surface area contributed by atoms with Crippen LogP contribution in [0, 0.1) is 0 Å². The van der Waals surface area contributed by atoms with Crippen molar-refractivity contribution in [2.45, 2.75) is 44.8 Å². The van der Waals surface area contributed by atoms with Crippen LogP contribution in [0.1, 0.15) is 44.2 Å². The predicted molar refractivity (Wildman–Crippen MR) is 133 cm³/mol. The third-order valence-corrected chi connectivity index (χ3v) is 7.14. The Morgan fingerprint density at radius 2 is 2.09 bits per heavy atom. The number of amides is 1. The molecule has 4 rings (SSSR count). The fraction of sp³-hybridized carbons (Fsp3) is 0.480. The lowest BCUT2D eigenvalue weighted by molar-refractivity contribution is -0.136. The highest BCUT2D eigenvalue weighted by Gasteiger charge is 2.43. The first-order chi connectivity index (χ1) is 17.0. The number of amidine groups is 1. The largest absolute Gasteiger partial charge is 0.493 e. The fourth-order valence-electron chi connectivity index (χ4n) is 4.59. The van der Waals surface area contributed by atoms with E-state index >= 15 is 0 Å². The number of carbonyl (C=O) groups excluding carboxylic acids is 2. The molecule has 1 aromatic rings. The molecule has 1 fully saturated rings. The number of thioether (sulfide) groups is 1. The number of ether oxygens (including phenoxy) is 4. The summed E-state index contributed by atoms with van der Waals surface area (Å²) in [4.78, 5) is 32.6. The van der Waals surface area contributed by atoms with Gasteiger partial charge in [0.15, 0.2) is 16.7 Å². The van der Waals surface area contributed by atoms with Crippen LogP contribution in [0.2, 0.25) is 0 Å². The minimum absolute atomic E-state index is 0.0627. The van der Waals surface area contributed by atoms with Crippen LogP contribution in [0.25, 0.3) is 0 Å². The zero-order valence-corrected chi connectivity index (χ0v) is 21.3. The number of nitrogens with zero attached hydrogens (tertiary/aromatic N) is 2. The Morgan fingerprint density at radius 1 is 1.26 bits per heavy atom. The number of rotatable bonds is 9. The van der Waals surface area contributed by atoms with E-state index in [2.05, 4.69) is 5.32 Å². The first-order valence-corrected chi connectivity index (χ1v) is 12.5. The van der Waals surface area contributed by atoms with Crippen molar-refractivity contribution in [1.29, 1.82) is 0 Å². The second-order valence-electron chi connectivity index (χ2n) is 8.30. The summed E-state index contributed by atoms with van der Waals surface area (Å²) in [5, 5.41) is 5.59. The molecular weight excluding hydrogens is 470 g/mol. The Morgan fingerprint density at radius 3 is 2.74 bits per heavy atom. The minimum Gasteiger partial charge on any atom is -0.493 e. The topological polar surface area (TPSA) is 98.7 Å². The highest BCUT2D eigenvalue weighted by atomic mass is 32.2. The van der Waals surface area contributed by atoms with Crippen molar-refractivity contribution in [3.8, 4) is 11.5 Å². The van der Waals surface area contributed by atoms with Crippen molar-refractivity contribution in [3.05, 3.63) is 46.1 Å². The van der Waals surface area contributed by atoms with E-state index in [4.69, 9.17) is 23.9 Å². The van der Waals surface area contributed by atoms with Crippen molar-refractivity contribution >= 4 is 28.8 Å². The normalized spacial score (nSPS) is 21.3. The molecule has 3 aliphatic heterocycles. The second kappa shape index (κ2) is 11.2. The van der Waals surface area contributed by atoms with Crippen molar-refractivity contribution in [1.82, 2.24) is 10.2 Å². The predicted octanol–water partition coefficient (Wildman–Crippen LogP) is 3.53. The molecule has 0 aliphatic carbocycles. The average Bonchev–Trinajstić information content (AvgIpc) is 3.55. The number of nitrogens with one attached hydrogen (secondary N) is 1. The van der Waals surface area contributed by atoms with Gasteiger partial charge in [-0.05, 0) is 30.7 Å². The molecule has 0 unspecified atom stereocenters. The highest BCUT2D eigenvalue weighted by molar-refractivity contribution is 8.16. The molecule has 3 aliphatic rings. The molecule has 9 nitrogen and oxygen atoms in total. The van der Waals surface area contributed by atoms with Crippen LogP contribution in [0.5, 0.6) is 11.5 Å². The summed E-state index contributed by atoms with van der Waals surface area (Å²) < 4.78 is 22.0. The van der Waals surface area contributed by atoms with Gasteiger partial charge in [-0.2, -0.15) is 0 Å². The van der Waals surface area contributed by atoms with E-state index in [9.17, 15) is 9.59 Å². The highest BCUT2D eigenvalue weighted by Crippen LogP contribution is 2.49. The van der Waals surface area contributed by atoms with E-state index in [1.807, 2.05) is 29.4 Å². The molecule has 10 heteroatoms. The number of hydrogen-bond acceptors (Lipinski definition) is 9. The summed E-state index contributed by atoms with van der Waals surface area (Å²) in [5.41, 5.74) is 2.52. The standard InChI is InChI=1S/C25H31N3O6S/c1-5-18-21(24(30)33-4)22(17-9-6-10-19(31-2)23(17)32-3)28-15(14-35-25(28)27-18)12-20(29)26-13-16-8-7-11-34-16/h6,9-10,14,16,22H,5,7-8,11-13H2,1-4H3,(H,26,29)/t16-,22+/m1/s1. The maximum absolute atomic E-state index is 13.1. The number of para-hydroxylation sites is 1. The van der Waals surface area contributed by atoms with Crippen molar-refractivity contribution in [2.75, 3.05) is 34.5 Å². The fourth-order valence-corrected chi connectivity index (χ4v) is 5.53. The molecule has 1 N–H and O–H groups in total. The first-order valence-electron chi connectivity index (χ1n) is 11.7. The van der Waals surface area contributed by atoms with Gasteiger partial charge in [-0.1, -0.05) is 30.8 Å². The van der Waals surface area contributed by atoms with E-state index in [0.29, 0.717) is 40.9 Å². The zero-order chi connectivity index (χ0) is 24.9. The number of carbonyl (C=O) groups is 2. The van der Waals surface area contributed by atoms with Gasteiger partial charge in [0.25, 0.3) is 0 Å². The van der Waals surface area contributed by atoms with E-state index in [1.165, 1.54) is 18.9 Å². The van der Waals surface area contributed by atoms with Crippen LogP contribution < -0.4 is 14.8 Å². The molecule has 0 bridgehead atoms. The molecule has 1 saturated heterocycles. The molecule has 0 spiro atoms. The third-order valence-electron chi connectivity index (χ3n) is 6.25. The summed E-state index contributed by atoms with van der Waals surface area (Å²) in [7, 11) is 4.49. The van der Waals surface area contributed by atoms with Gasteiger partial charge in [-0.3, -0.25) is 4.79 Å². The van der Waals surface area contributed by atoms with Crippen LogP contribution in [0.15, 0.2) is 45.6 Å². The number of benzene rings is 1. The summed E-state index contributed by atoms with van der Waals surface area (Å²) in [6, 6.07) is 4.95. The van der Waals surface area contributed by atoms with Crippen molar-refractivity contribution in [3.63, 3.8) is 0 Å². The summed E-state index contributed by atoms with van der Waals surface area (Å²) >= 11 is 1.43. The monoisotopic (exact) mass is 501 g/mol. The summed E-state index contributed by atoms with van der Waals surface area (Å²) in [5.74, 6) is 0.466. The minimum atomic E-state index is -0.595. The maximum atomic E-state index is 13.1. The third kappa shape index (κ3) is 5.04. The number of esters is 1. The molecule has 1 amide bonds. The molecule has 3 heterocycles. The van der Waals surface area contributed by atoms with Crippen LogP contribution in [0.3, 0.4) is 0 Å². The van der Waals surface area contributed by atoms with Crippen LogP contribution in [-0.4, -0.2) is 62.5 Å². The van der Waals surface area contributed by atoms with Gasteiger partial charge in [-0.15, -0.1) is 0 Å². The van der Waals surface area contributed by atoms with E-state index in [0.717, 1.165) is 30.7 Å². The SMILES string of the molecule is CCC1=C(C(=O)OC)[C@H](c2cccc(OC)c2OC)N2C(CC(=O)NC[C@H]3CCCO3)=CSC2=N1. The lowest BCUT2D eigenvalue weighted by Crippen LogP contribution is -2.39. The molecule has 0 saturated carbocycles. The van der Waals surface area contributed by atoms with Gasteiger partial charge >= 0.3 is 5.97 Å². The van der Waals surface area contributed by atoms with Gasteiger partial charge in [0.05, 0.1) is 51.2 Å². The summed E-state index contributed by atoms with van der Waals surface area (Å²) in [6.45, 7) is 3.17. The van der Waals surface area contributed by atoms with E-state index < -0.39 is 12.0 Å². The molecular formula is C25H31N3O6S. The molecule has 35 heavy (non-hydrogen) atoms. The smallest absolute Gasteiger partial charge is 0.338 e. The molecule has 188 valence electrons. The number of hydrogen-bond donors (Lipinski definition) is 1. The maximum Gasteiger partial charge on any atom is 0.338 e. The quantitative estimate of drug-likeness (QED) is 0.513. The van der Waals surface area contributed by atoms with Crippen LogP contribution in [0.4, 0.5) is 0 Å². The first kappa shape index (κ1) is 25.1.